The summed E-state index contributed by atoms with van der Waals surface area (Å²) in [6.07, 6.45) is 4.24. The lowest BCUT2D eigenvalue weighted by Crippen LogP contribution is -2.41. The normalized spacial score (nSPS) is 16.8. The van der Waals surface area contributed by atoms with Crippen LogP contribution in [0.1, 0.15) is 43.2 Å². The van der Waals surface area contributed by atoms with Crippen molar-refractivity contribution in [3.05, 3.63) is 71.8 Å². The summed E-state index contributed by atoms with van der Waals surface area (Å²) in [5.41, 5.74) is 2.56. The van der Waals surface area contributed by atoms with Gasteiger partial charge in [0.1, 0.15) is 0 Å². The van der Waals surface area contributed by atoms with Crippen LogP contribution in [0, 0.1) is 5.92 Å². The third-order valence-corrected chi connectivity index (χ3v) is 5.20. The first-order valence-electron chi connectivity index (χ1n) is 9.15. The number of rotatable bonds is 5. The highest BCUT2D eigenvalue weighted by molar-refractivity contribution is 5.83. The molecule has 0 N–H and O–H groups in total. The minimum atomic E-state index is 0.0110. The predicted molar refractivity (Wildman–Crippen MR) is 98.9 cm³/mol. The monoisotopic (exact) mass is 321 g/mol. The lowest BCUT2D eigenvalue weighted by atomic mass is 9.88. The van der Waals surface area contributed by atoms with E-state index in [9.17, 15) is 4.79 Å². The molecule has 126 valence electrons. The van der Waals surface area contributed by atoms with Gasteiger partial charge in [0, 0.05) is 13.1 Å². The maximum atomic E-state index is 12.9. The second-order valence-electron chi connectivity index (χ2n) is 6.83. The first-order chi connectivity index (χ1) is 11.8. The summed E-state index contributed by atoms with van der Waals surface area (Å²) in [6.45, 7) is 3.91. The third-order valence-electron chi connectivity index (χ3n) is 5.20. The van der Waals surface area contributed by atoms with E-state index in [1.165, 1.54) is 5.56 Å². The molecule has 1 fully saturated rings. The smallest absolute Gasteiger partial charge is 0.230 e. The molecule has 0 radical (unpaired) electrons. The molecule has 1 aliphatic rings. The predicted octanol–water partition coefficient (Wildman–Crippen LogP) is 4.66. The highest BCUT2D eigenvalue weighted by Gasteiger charge is 2.28. The van der Waals surface area contributed by atoms with Gasteiger partial charge in [0.25, 0.3) is 0 Å². The molecule has 0 bridgehead atoms. The molecule has 2 aromatic rings. The fourth-order valence-electron chi connectivity index (χ4n) is 3.76. The maximum absolute atomic E-state index is 12.9. The largest absolute Gasteiger partial charge is 0.342 e. The van der Waals surface area contributed by atoms with Gasteiger partial charge in [-0.3, -0.25) is 4.79 Å². The van der Waals surface area contributed by atoms with Crippen LogP contribution in [-0.4, -0.2) is 23.9 Å². The summed E-state index contributed by atoms with van der Waals surface area (Å²) in [4.78, 5) is 15.0. The Bertz CT molecular complexity index is 630. The van der Waals surface area contributed by atoms with E-state index in [1.54, 1.807) is 0 Å². The van der Waals surface area contributed by atoms with Gasteiger partial charge in [-0.2, -0.15) is 0 Å². The van der Waals surface area contributed by atoms with Crippen molar-refractivity contribution in [3.8, 4) is 0 Å². The van der Waals surface area contributed by atoms with E-state index >= 15 is 0 Å². The molecule has 3 rings (SSSR count). The van der Waals surface area contributed by atoms with Crippen molar-refractivity contribution in [2.24, 2.45) is 5.92 Å². The molecule has 1 saturated heterocycles. The average molecular weight is 321 g/mol. The summed E-state index contributed by atoms with van der Waals surface area (Å²) in [5, 5.41) is 0. The summed E-state index contributed by atoms with van der Waals surface area (Å²) in [6, 6.07) is 20.9. The van der Waals surface area contributed by atoms with Gasteiger partial charge < -0.3 is 4.90 Å². The van der Waals surface area contributed by atoms with Crippen LogP contribution >= 0.6 is 0 Å². The minimum Gasteiger partial charge on any atom is -0.342 e. The van der Waals surface area contributed by atoms with E-state index in [1.807, 2.05) is 18.2 Å². The molecule has 0 spiro atoms. The molecule has 0 saturated carbocycles. The maximum Gasteiger partial charge on any atom is 0.230 e. The highest BCUT2D eigenvalue weighted by Crippen LogP contribution is 2.27. The summed E-state index contributed by atoms with van der Waals surface area (Å²) in [5.74, 6) is 1.02. The van der Waals surface area contributed by atoms with Crippen molar-refractivity contribution in [2.45, 2.75) is 38.5 Å². The summed E-state index contributed by atoms with van der Waals surface area (Å²) in [7, 11) is 0. The van der Waals surface area contributed by atoms with Crippen LogP contribution in [0.4, 0.5) is 0 Å². The Kier molecular flexibility index (Phi) is 5.68. The van der Waals surface area contributed by atoms with Crippen LogP contribution in [0.2, 0.25) is 0 Å². The van der Waals surface area contributed by atoms with Gasteiger partial charge >= 0.3 is 0 Å². The van der Waals surface area contributed by atoms with E-state index in [2.05, 4.69) is 54.3 Å². The molecule has 0 unspecified atom stereocenters. The Hall–Kier alpha value is -2.09. The van der Waals surface area contributed by atoms with Gasteiger partial charge in [0.05, 0.1) is 5.92 Å². The van der Waals surface area contributed by atoms with Gasteiger partial charge in [-0.1, -0.05) is 67.6 Å². The van der Waals surface area contributed by atoms with Crippen LogP contribution in [0.25, 0.3) is 0 Å². The van der Waals surface area contributed by atoms with Gasteiger partial charge in [-0.05, 0) is 42.7 Å². The number of benzene rings is 2. The second-order valence-corrected chi connectivity index (χ2v) is 6.83. The van der Waals surface area contributed by atoms with E-state index < -0.39 is 0 Å². The number of carbonyl (C=O) groups excluding carboxylic acids is 1. The second kappa shape index (κ2) is 8.14. The molecule has 2 heteroatoms. The Labute approximate surface area is 145 Å². The number of hydrogen-bond donors (Lipinski definition) is 0. The number of likely N-dealkylation sites (tertiary alicyclic amines) is 1. The molecule has 24 heavy (non-hydrogen) atoms. The fraction of sp³-hybridized carbons (Fsp3) is 0.409. The molecule has 1 heterocycles. The quantitative estimate of drug-likeness (QED) is 0.784. The van der Waals surface area contributed by atoms with Crippen LogP contribution in [0.5, 0.6) is 0 Å². The molecule has 0 aromatic heterocycles. The van der Waals surface area contributed by atoms with Gasteiger partial charge in [0.15, 0.2) is 0 Å². The number of piperidine rings is 1. The molecule has 0 aliphatic carbocycles. The summed E-state index contributed by atoms with van der Waals surface area (Å²) < 4.78 is 0. The van der Waals surface area contributed by atoms with Crippen LogP contribution in [0.3, 0.4) is 0 Å². The first-order valence-corrected chi connectivity index (χ1v) is 9.15. The van der Waals surface area contributed by atoms with Crippen LogP contribution < -0.4 is 0 Å². The molecule has 2 aromatic carbocycles. The first kappa shape index (κ1) is 16.8. The van der Waals surface area contributed by atoms with Crippen molar-refractivity contribution < 1.29 is 4.79 Å². The summed E-state index contributed by atoms with van der Waals surface area (Å²) >= 11 is 0. The fourth-order valence-corrected chi connectivity index (χ4v) is 3.76. The van der Waals surface area contributed by atoms with Crippen molar-refractivity contribution in [2.75, 3.05) is 13.1 Å². The van der Waals surface area contributed by atoms with E-state index in [-0.39, 0.29) is 5.92 Å². The Morgan fingerprint density at radius 3 is 2.17 bits per heavy atom. The third kappa shape index (κ3) is 4.05. The number of amides is 1. The Morgan fingerprint density at radius 1 is 1.00 bits per heavy atom. The number of carbonyl (C=O) groups is 1. The van der Waals surface area contributed by atoms with Crippen LogP contribution in [-0.2, 0) is 11.2 Å². The lowest BCUT2D eigenvalue weighted by Gasteiger charge is -2.34. The number of hydrogen-bond acceptors (Lipinski definition) is 1. The van der Waals surface area contributed by atoms with E-state index in [0.717, 1.165) is 44.3 Å². The highest BCUT2D eigenvalue weighted by atomic mass is 16.2. The molecular formula is C22H27NO. The zero-order chi connectivity index (χ0) is 16.8. The molecular weight excluding hydrogens is 294 g/mol. The number of nitrogens with zero attached hydrogens (tertiary/aromatic N) is 1. The molecule has 1 aliphatic heterocycles. The Balaban J connectivity index is 1.56. The van der Waals surface area contributed by atoms with Gasteiger partial charge in [-0.25, -0.2) is 0 Å². The topological polar surface area (TPSA) is 20.3 Å². The average Bonchev–Trinajstić information content (AvgIpc) is 2.65. The van der Waals surface area contributed by atoms with Gasteiger partial charge in [-0.15, -0.1) is 0 Å². The van der Waals surface area contributed by atoms with E-state index in [0.29, 0.717) is 11.8 Å². The Morgan fingerprint density at radius 2 is 1.58 bits per heavy atom. The molecule has 1 atom stereocenters. The van der Waals surface area contributed by atoms with Gasteiger partial charge in [0.2, 0.25) is 5.91 Å². The van der Waals surface area contributed by atoms with E-state index in [4.69, 9.17) is 0 Å². The zero-order valence-corrected chi connectivity index (χ0v) is 14.5. The van der Waals surface area contributed by atoms with Crippen molar-refractivity contribution >= 4 is 5.91 Å². The molecule has 1 amide bonds. The van der Waals surface area contributed by atoms with Crippen LogP contribution in [0.15, 0.2) is 60.7 Å². The van der Waals surface area contributed by atoms with Crippen molar-refractivity contribution in [1.82, 2.24) is 4.90 Å². The minimum absolute atomic E-state index is 0.0110. The van der Waals surface area contributed by atoms with Crippen molar-refractivity contribution in [3.63, 3.8) is 0 Å². The standard InChI is InChI=1S/C22H27NO/c1-2-21(20-11-7-4-8-12-20)22(24)23-15-13-19(14-16-23)17-18-9-5-3-6-10-18/h3-12,19,21H,2,13-17H2,1H3/t21-/m0/s1. The zero-order valence-electron chi connectivity index (χ0n) is 14.5. The SMILES string of the molecule is CC[C@H](C(=O)N1CCC(Cc2ccccc2)CC1)c1ccccc1. The molecule has 2 nitrogen and oxygen atoms in total. The lowest BCUT2D eigenvalue weighted by molar-refractivity contribution is -0.134. The van der Waals surface area contributed by atoms with Crippen molar-refractivity contribution in [1.29, 1.82) is 0 Å².